The molecule has 0 aliphatic heterocycles. The van der Waals surface area contributed by atoms with Crippen molar-refractivity contribution in [3.8, 4) is 0 Å². The van der Waals surface area contributed by atoms with Crippen LogP contribution in [-0.4, -0.2) is 114 Å². The lowest BCUT2D eigenvalue weighted by Crippen LogP contribution is -2.47. The highest BCUT2D eigenvalue weighted by molar-refractivity contribution is 7.81. The second-order valence-corrected chi connectivity index (χ2v) is 11.7. The molecule has 0 aromatic heterocycles. The van der Waals surface area contributed by atoms with E-state index >= 15 is 0 Å². The molecule has 0 bridgehead atoms. The minimum absolute atomic E-state index is 0.0506. The summed E-state index contributed by atoms with van der Waals surface area (Å²) < 4.78 is 69.8. The molecular weight excluding hydrogens is 466 g/mol. The van der Waals surface area contributed by atoms with Gasteiger partial charge in [0, 0.05) is 18.4 Å². The van der Waals surface area contributed by atoms with E-state index in [1.165, 1.54) is 0 Å². The van der Waals surface area contributed by atoms with Crippen LogP contribution in [0.15, 0.2) is 0 Å². The first-order chi connectivity index (χ1) is 14.3. The molecule has 1 atom stereocenters. The highest BCUT2D eigenvalue weighted by Crippen LogP contribution is 2.11. The van der Waals surface area contributed by atoms with Crippen LogP contribution in [-0.2, 0) is 34.0 Å². The predicted octanol–water partition coefficient (Wildman–Crippen LogP) is 0.0891. The fourth-order valence-electron chi connectivity index (χ4n) is 2.93. The van der Waals surface area contributed by atoms with Crippen molar-refractivity contribution in [2.45, 2.75) is 39.2 Å². The van der Waals surface area contributed by atoms with E-state index in [2.05, 4.69) is 13.7 Å². The molecule has 0 radical (unpaired) electrons. The molecule has 14 heteroatoms. The van der Waals surface area contributed by atoms with Crippen LogP contribution < -0.4 is 5.32 Å². The Bertz CT molecular complexity index is 782. The Balaban J connectivity index is 4.75. The molecule has 0 aliphatic carbocycles. The number of rotatable bonds is 17. The van der Waals surface area contributed by atoms with Crippen LogP contribution in [0.25, 0.3) is 0 Å². The second kappa shape index (κ2) is 13.1. The highest BCUT2D eigenvalue weighted by atomic mass is 32.3. The lowest BCUT2D eigenvalue weighted by molar-refractivity contribution is -0.891. The Morgan fingerprint density at radius 1 is 0.812 bits per heavy atom. The minimum Gasteiger partial charge on any atom is -0.353 e. The predicted molar refractivity (Wildman–Crippen MR) is 119 cm³/mol. The first-order valence-corrected chi connectivity index (χ1v) is 13.2. The van der Waals surface area contributed by atoms with Gasteiger partial charge in [-0.1, -0.05) is 13.8 Å². The van der Waals surface area contributed by atoms with E-state index in [0.717, 1.165) is 6.42 Å². The molecule has 0 aromatic rings. The van der Waals surface area contributed by atoms with E-state index in [9.17, 15) is 21.6 Å². The molecule has 0 saturated heterocycles. The van der Waals surface area contributed by atoms with Gasteiger partial charge in [-0.15, -0.1) is 0 Å². The lowest BCUT2D eigenvalue weighted by Gasteiger charge is -2.32. The summed E-state index contributed by atoms with van der Waals surface area (Å²) in [4.78, 5) is 12.2. The summed E-state index contributed by atoms with van der Waals surface area (Å²) in [5, 5.41) is 3.06. The SMILES string of the molecule is CC(C)C(=O)NC(CCC[N+](C)(C)CCOS(=O)(=O)O)CC[N+](C)(C)CCOS(=O)(=O)O. The second-order valence-electron chi connectivity index (χ2n) is 9.56. The fraction of sp³-hybridized carbons (Fsp3) is 0.944. The molecule has 1 amide bonds. The Morgan fingerprint density at radius 3 is 1.66 bits per heavy atom. The normalized spacial score (nSPS) is 14.5. The first kappa shape index (κ1) is 31.1. The molecule has 12 nitrogen and oxygen atoms in total. The summed E-state index contributed by atoms with van der Waals surface area (Å²) >= 11 is 0. The van der Waals surface area contributed by atoms with Crippen LogP contribution in [0.1, 0.15) is 33.1 Å². The van der Waals surface area contributed by atoms with Gasteiger partial charge in [0.25, 0.3) is 0 Å². The number of amides is 1. The first-order valence-electron chi connectivity index (χ1n) is 10.5. The summed E-state index contributed by atoms with van der Waals surface area (Å²) in [5.74, 6) is -0.210. The largest absolute Gasteiger partial charge is 0.397 e. The van der Waals surface area contributed by atoms with Crippen molar-refractivity contribution in [3.05, 3.63) is 0 Å². The van der Waals surface area contributed by atoms with Crippen molar-refractivity contribution in [3.63, 3.8) is 0 Å². The third-order valence-electron chi connectivity index (χ3n) is 5.13. The van der Waals surface area contributed by atoms with Gasteiger partial charge in [-0.25, -0.2) is 8.37 Å². The standard InChI is InChI=1S/C18H39N3O9S2/c1-16(2)18(22)19-17(9-11-21(5,6)13-15-30-32(26,27)28)8-7-10-20(3,4)12-14-29-31(23,24)25/h16-17H,7-15H2,1-6H3,(H-2,19,22,23,24,25,26,27,28)/p+2. The minimum atomic E-state index is -4.47. The zero-order chi connectivity index (χ0) is 25.2. The number of likely N-dealkylation sites (N-methyl/N-ethyl adjacent to an activating group) is 2. The number of nitrogens with one attached hydrogen (secondary N) is 1. The molecule has 0 heterocycles. The van der Waals surface area contributed by atoms with Crippen LogP contribution in [0.5, 0.6) is 0 Å². The summed E-state index contributed by atoms with van der Waals surface area (Å²) in [5.41, 5.74) is 0. The van der Waals surface area contributed by atoms with E-state index in [-0.39, 0.29) is 31.1 Å². The van der Waals surface area contributed by atoms with Crippen molar-refractivity contribution >= 4 is 26.7 Å². The summed E-state index contributed by atoms with van der Waals surface area (Å²) in [6.07, 6.45) is 2.14. The molecule has 0 rings (SSSR count). The lowest BCUT2D eigenvalue weighted by atomic mass is 10.0. The molecule has 3 N–H and O–H groups in total. The Kier molecular flexibility index (Phi) is 12.8. The van der Waals surface area contributed by atoms with Gasteiger partial charge in [-0.05, 0) is 12.8 Å². The van der Waals surface area contributed by atoms with Crippen molar-refractivity contribution in [2.75, 3.05) is 67.6 Å². The van der Waals surface area contributed by atoms with Gasteiger partial charge < -0.3 is 14.3 Å². The fourth-order valence-corrected chi connectivity index (χ4v) is 3.50. The average Bonchev–Trinajstić information content (AvgIpc) is 2.56. The van der Waals surface area contributed by atoms with Gasteiger partial charge in [-0.3, -0.25) is 13.9 Å². The van der Waals surface area contributed by atoms with Crippen molar-refractivity contribution in [1.29, 1.82) is 0 Å². The van der Waals surface area contributed by atoms with E-state index in [1.54, 1.807) is 0 Å². The molecular formula is C18H41N3O9S2+2. The Morgan fingerprint density at radius 2 is 1.25 bits per heavy atom. The molecule has 0 spiro atoms. The van der Waals surface area contributed by atoms with Gasteiger partial charge in [-0.2, -0.15) is 16.8 Å². The molecule has 0 saturated carbocycles. The number of carbonyl (C=O) groups is 1. The van der Waals surface area contributed by atoms with Crippen molar-refractivity contribution in [2.24, 2.45) is 5.92 Å². The van der Waals surface area contributed by atoms with E-state index in [1.807, 2.05) is 42.0 Å². The van der Waals surface area contributed by atoms with Crippen LogP contribution in [0.3, 0.4) is 0 Å². The maximum atomic E-state index is 12.2. The van der Waals surface area contributed by atoms with Gasteiger partial charge >= 0.3 is 20.8 Å². The average molecular weight is 508 g/mol. The van der Waals surface area contributed by atoms with Crippen LogP contribution >= 0.6 is 0 Å². The quantitative estimate of drug-likeness (QED) is 0.183. The van der Waals surface area contributed by atoms with Crippen molar-refractivity contribution < 1.29 is 48.1 Å². The summed E-state index contributed by atoms with van der Waals surface area (Å²) in [6, 6.07) is -0.0844. The number of carbonyl (C=O) groups excluding carboxylic acids is 1. The molecule has 1 unspecified atom stereocenters. The highest BCUT2D eigenvalue weighted by Gasteiger charge is 2.23. The van der Waals surface area contributed by atoms with Crippen LogP contribution in [0, 0.1) is 5.92 Å². The topological polar surface area (TPSA) is 156 Å². The van der Waals surface area contributed by atoms with Crippen molar-refractivity contribution in [1.82, 2.24) is 5.32 Å². The third-order valence-corrected chi connectivity index (χ3v) is 6.06. The van der Waals surface area contributed by atoms with Gasteiger partial charge in [0.2, 0.25) is 5.91 Å². The summed E-state index contributed by atoms with van der Waals surface area (Å²) in [7, 11) is -1.27. The van der Waals surface area contributed by atoms with Crippen LogP contribution in [0.4, 0.5) is 0 Å². The van der Waals surface area contributed by atoms with Gasteiger partial charge in [0.1, 0.15) is 26.3 Å². The van der Waals surface area contributed by atoms with E-state index in [4.69, 9.17) is 9.11 Å². The van der Waals surface area contributed by atoms with Gasteiger partial charge in [0.05, 0.1) is 41.3 Å². The smallest absolute Gasteiger partial charge is 0.353 e. The molecule has 0 aromatic carbocycles. The Hall–Kier alpha value is -0.870. The molecule has 0 aliphatic rings. The third kappa shape index (κ3) is 17.7. The molecule has 32 heavy (non-hydrogen) atoms. The maximum Gasteiger partial charge on any atom is 0.397 e. The van der Waals surface area contributed by atoms with Gasteiger partial charge in [0.15, 0.2) is 0 Å². The zero-order valence-electron chi connectivity index (χ0n) is 20.0. The Labute approximate surface area is 192 Å². The number of quaternary nitrogens is 2. The zero-order valence-corrected chi connectivity index (χ0v) is 21.6. The van der Waals surface area contributed by atoms with E-state index in [0.29, 0.717) is 48.0 Å². The molecule has 192 valence electrons. The number of hydrogen-bond donors (Lipinski definition) is 3. The maximum absolute atomic E-state index is 12.2. The summed E-state index contributed by atoms with van der Waals surface area (Å²) in [6.45, 7) is 5.47. The number of nitrogens with zero attached hydrogens (tertiary/aromatic N) is 2. The molecule has 0 fully saturated rings. The van der Waals surface area contributed by atoms with E-state index < -0.39 is 20.8 Å². The van der Waals surface area contributed by atoms with Crippen LogP contribution in [0.2, 0.25) is 0 Å². The number of hydrogen-bond acceptors (Lipinski definition) is 7. The monoisotopic (exact) mass is 507 g/mol.